The lowest BCUT2D eigenvalue weighted by molar-refractivity contribution is -0.313. The molecule has 3 aliphatic rings. The maximum atomic E-state index is 13.0. The first-order chi connectivity index (χ1) is 26.2. The smallest absolute Gasteiger partial charge is 0.318 e. The number of primary amides is 1. The van der Waals surface area contributed by atoms with Gasteiger partial charge in [-0.25, -0.2) is 0 Å². The molecule has 5 rings (SSSR count). The molecule has 2 aromatic rings. The number of nitrogens with zero attached hydrogens (tertiary/aromatic N) is 2. The summed E-state index contributed by atoms with van der Waals surface area (Å²) in [5.74, 6) is -13.3. The van der Waals surface area contributed by atoms with Gasteiger partial charge < -0.3 is 26.5 Å². The fourth-order valence-corrected chi connectivity index (χ4v) is 9.02. The van der Waals surface area contributed by atoms with Crippen LogP contribution in [0.15, 0.2) is 60.7 Å². The van der Waals surface area contributed by atoms with E-state index in [1.165, 1.54) is 14.1 Å². The van der Waals surface area contributed by atoms with Crippen LogP contribution in [0.4, 0.5) is 0 Å². The molecule has 56 heavy (non-hydrogen) atoms. The number of rotatable bonds is 15. The Morgan fingerprint density at radius 1 is 0.679 bits per heavy atom. The molecular formula is C42H56N4O10. The van der Waals surface area contributed by atoms with E-state index in [1.807, 2.05) is 74.5 Å². The van der Waals surface area contributed by atoms with E-state index in [1.54, 1.807) is 13.8 Å². The quantitative estimate of drug-likeness (QED) is 0.151. The average molecular weight is 777 g/mol. The van der Waals surface area contributed by atoms with Crippen molar-refractivity contribution in [1.82, 2.24) is 16.0 Å². The second kappa shape index (κ2) is 19.6. The van der Waals surface area contributed by atoms with Crippen LogP contribution in [-0.2, 0) is 43.1 Å². The van der Waals surface area contributed by atoms with E-state index in [0.717, 1.165) is 33.8 Å². The van der Waals surface area contributed by atoms with Gasteiger partial charge >= 0.3 is 11.9 Å². The molecular weight excluding hydrogens is 720 g/mol. The van der Waals surface area contributed by atoms with Crippen LogP contribution in [0.1, 0.15) is 89.2 Å². The topological polar surface area (TPSA) is 238 Å². The number of nitrogens with two attached hydrogens (primary N) is 1. The zero-order valence-corrected chi connectivity index (χ0v) is 33.3. The summed E-state index contributed by atoms with van der Waals surface area (Å²) in [6.07, 6.45) is 3.39. The number of esters is 2. The summed E-state index contributed by atoms with van der Waals surface area (Å²) in [5.41, 5.74) is 7.39. The number of amides is 5. The Hall–Kier alpha value is -5.24. The molecule has 10 atom stereocenters. The normalized spacial score (nSPS) is 25.5. The Kier molecular flexibility index (Phi) is 15.8. The number of hydrogen-bond donors (Lipinski definition) is 2. The number of ether oxygens (including phenoxy) is 1. The van der Waals surface area contributed by atoms with Gasteiger partial charge in [-0.3, -0.25) is 43.4 Å². The second-order valence-corrected chi connectivity index (χ2v) is 14.7. The van der Waals surface area contributed by atoms with Gasteiger partial charge in [0.15, 0.2) is 0 Å². The third-order valence-electron chi connectivity index (χ3n) is 11.7. The lowest BCUT2D eigenvalue weighted by Gasteiger charge is -2.33. The standard InChI is InChI=1S/C21H28N2O5.C21H25NO5.H3N/c1-4-9-14(12-10-7-6-8-11-12)16-17(20(26)23(3)19(16)25)15(18(22)24)13(5-2)21(27)28;1-4-9-14(12-10-7-6-8-11-12)15-17(19(24)22(3)18(15)23)16-13(5-2)20(25)27-21(16)26;/h6-8,10-11,13-17H,4-5,9H2,1-3H3,(H2,22,24)(H,27,28);6-8,10-11,13-17H,4-5,9H2,1-3H3;1H3. The van der Waals surface area contributed by atoms with Crippen molar-refractivity contribution in [2.75, 3.05) is 14.1 Å². The molecule has 14 nitrogen and oxygen atoms in total. The van der Waals surface area contributed by atoms with Crippen LogP contribution in [0.25, 0.3) is 0 Å². The van der Waals surface area contributed by atoms with Gasteiger partial charge in [-0.1, -0.05) is 101 Å². The van der Waals surface area contributed by atoms with Crippen molar-refractivity contribution in [3.8, 4) is 0 Å². The molecule has 6 N–H and O–H groups in total. The van der Waals surface area contributed by atoms with Gasteiger partial charge in [-0.2, -0.15) is 0 Å². The van der Waals surface area contributed by atoms with Gasteiger partial charge in [0.25, 0.3) is 0 Å². The average Bonchev–Trinajstić information content (AvgIpc) is 3.67. The van der Waals surface area contributed by atoms with Crippen LogP contribution in [0, 0.1) is 47.3 Å². The van der Waals surface area contributed by atoms with E-state index in [-0.39, 0.29) is 30.3 Å². The van der Waals surface area contributed by atoms with E-state index in [2.05, 4.69) is 0 Å². The van der Waals surface area contributed by atoms with Crippen molar-refractivity contribution in [2.45, 2.75) is 78.1 Å². The molecule has 304 valence electrons. The van der Waals surface area contributed by atoms with Crippen LogP contribution in [0.5, 0.6) is 0 Å². The molecule has 3 fully saturated rings. The number of carbonyl (C=O) groups is 8. The molecule has 3 heterocycles. The number of aliphatic carboxylic acids is 1. The second-order valence-electron chi connectivity index (χ2n) is 14.7. The van der Waals surface area contributed by atoms with E-state index >= 15 is 0 Å². The highest BCUT2D eigenvalue weighted by Gasteiger charge is 2.60. The predicted molar refractivity (Wildman–Crippen MR) is 204 cm³/mol. The minimum absolute atomic E-state index is 0. The highest BCUT2D eigenvalue weighted by molar-refractivity contribution is 6.09. The van der Waals surface area contributed by atoms with Crippen molar-refractivity contribution in [3.05, 3.63) is 71.8 Å². The Morgan fingerprint density at radius 2 is 1.12 bits per heavy atom. The van der Waals surface area contributed by atoms with E-state index in [9.17, 15) is 43.5 Å². The maximum absolute atomic E-state index is 13.0. The number of likely N-dealkylation sites (tertiary alicyclic amines) is 2. The number of carbonyl (C=O) groups excluding carboxylic acids is 8. The summed E-state index contributed by atoms with van der Waals surface area (Å²) in [7, 11) is 2.82. The Balaban J connectivity index is 0.000000295. The molecule has 10 unspecified atom stereocenters. The number of carboxylic acids is 1. The van der Waals surface area contributed by atoms with Gasteiger partial charge in [0.05, 0.1) is 41.4 Å². The number of imide groups is 2. The van der Waals surface area contributed by atoms with Crippen molar-refractivity contribution >= 4 is 47.4 Å². The molecule has 0 aliphatic carbocycles. The van der Waals surface area contributed by atoms with Gasteiger partial charge in [-0.15, -0.1) is 0 Å². The predicted octanol–water partition coefficient (Wildman–Crippen LogP) is 3.58. The summed E-state index contributed by atoms with van der Waals surface area (Å²) < 4.78 is 4.84. The molecule has 0 radical (unpaired) electrons. The molecule has 2 aromatic carbocycles. The highest BCUT2D eigenvalue weighted by atomic mass is 16.6. The van der Waals surface area contributed by atoms with Crippen molar-refractivity contribution in [3.63, 3.8) is 0 Å². The minimum Gasteiger partial charge on any atom is -0.550 e. The Bertz CT molecular complexity index is 1770. The van der Waals surface area contributed by atoms with Crippen LogP contribution >= 0.6 is 0 Å². The van der Waals surface area contributed by atoms with Crippen molar-refractivity contribution in [1.29, 1.82) is 0 Å². The first-order valence-corrected chi connectivity index (χ1v) is 19.2. The lowest BCUT2D eigenvalue weighted by atomic mass is 9.68. The third kappa shape index (κ3) is 8.75. The molecule has 0 saturated carbocycles. The molecule has 3 aliphatic heterocycles. The molecule has 0 spiro atoms. The number of cyclic esters (lactones) is 2. The fourth-order valence-electron chi connectivity index (χ4n) is 9.02. The monoisotopic (exact) mass is 776 g/mol. The lowest BCUT2D eigenvalue weighted by Crippen LogP contribution is -2.48. The van der Waals surface area contributed by atoms with Gasteiger partial charge in [-0.05, 0) is 48.6 Å². The first-order valence-electron chi connectivity index (χ1n) is 19.2. The number of hydrogen-bond acceptors (Lipinski definition) is 10. The molecule has 0 aromatic heterocycles. The first kappa shape index (κ1) is 45.2. The minimum atomic E-state index is -1.44. The van der Waals surface area contributed by atoms with Gasteiger partial charge in [0.1, 0.15) is 0 Å². The number of quaternary nitrogens is 1. The van der Waals surface area contributed by atoms with Crippen LogP contribution in [0.3, 0.4) is 0 Å². The molecule has 5 amide bonds. The zero-order chi connectivity index (χ0) is 40.7. The highest BCUT2D eigenvalue weighted by Crippen LogP contribution is 2.48. The van der Waals surface area contributed by atoms with Crippen LogP contribution in [0.2, 0.25) is 0 Å². The van der Waals surface area contributed by atoms with E-state index in [4.69, 9.17) is 10.5 Å². The Labute approximate surface area is 328 Å². The van der Waals surface area contributed by atoms with Crippen LogP contribution in [-0.4, -0.2) is 71.3 Å². The number of carboxylic acid groups (broad SMARTS) is 1. The SMILES string of the molecule is CCCC(c1ccccc1)C1C(=O)N(C)C(=O)C1C(C(N)=O)C(CC)C(=O)[O-].CCCC(c1ccccc1)C1C(=O)N(C)C(=O)C1C1C(=O)OC(=O)C1CC.[NH4+]. The number of benzene rings is 2. The fraction of sp³-hybridized carbons (Fsp3) is 0.524. The van der Waals surface area contributed by atoms with Crippen molar-refractivity contribution in [2.24, 2.45) is 53.1 Å². The van der Waals surface area contributed by atoms with E-state index in [0.29, 0.717) is 19.3 Å². The zero-order valence-electron chi connectivity index (χ0n) is 33.3. The molecule has 3 saturated heterocycles. The molecule has 14 heteroatoms. The summed E-state index contributed by atoms with van der Waals surface area (Å²) in [6.45, 7) is 7.38. The summed E-state index contributed by atoms with van der Waals surface area (Å²) in [6, 6.07) is 18.9. The van der Waals surface area contributed by atoms with E-state index < -0.39 is 88.9 Å². The van der Waals surface area contributed by atoms with Gasteiger partial charge in [0.2, 0.25) is 29.5 Å². The summed E-state index contributed by atoms with van der Waals surface area (Å²) in [5, 5.41) is 11.6. The third-order valence-corrected chi connectivity index (χ3v) is 11.7. The summed E-state index contributed by atoms with van der Waals surface area (Å²) in [4.78, 5) is 102. The van der Waals surface area contributed by atoms with Gasteiger partial charge in [0, 0.05) is 26.0 Å². The molecule has 0 bridgehead atoms. The van der Waals surface area contributed by atoms with Crippen LogP contribution < -0.4 is 17.0 Å². The maximum Gasteiger partial charge on any atom is 0.318 e. The largest absolute Gasteiger partial charge is 0.550 e. The Morgan fingerprint density at radius 3 is 1.55 bits per heavy atom. The van der Waals surface area contributed by atoms with Crippen molar-refractivity contribution < 1.29 is 48.2 Å². The summed E-state index contributed by atoms with van der Waals surface area (Å²) >= 11 is 0.